The molecule has 0 saturated heterocycles. The quantitative estimate of drug-likeness (QED) is 0.305. The van der Waals surface area contributed by atoms with Crippen LogP contribution in [0.2, 0.25) is 0 Å². The number of fused-ring (bicyclic) bond motifs is 1. The van der Waals surface area contributed by atoms with E-state index in [-0.39, 0.29) is 17.9 Å². The number of imidazole rings is 1. The number of nitrogens with zero attached hydrogens (tertiary/aromatic N) is 3. The van der Waals surface area contributed by atoms with Gasteiger partial charge in [-0.2, -0.15) is 0 Å². The highest BCUT2D eigenvalue weighted by Gasteiger charge is 2.19. The van der Waals surface area contributed by atoms with Crippen molar-refractivity contribution in [3.8, 4) is 11.3 Å². The van der Waals surface area contributed by atoms with Crippen molar-refractivity contribution < 1.29 is 9.59 Å². The van der Waals surface area contributed by atoms with Gasteiger partial charge in [0.15, 0.2) is 0 Å². The predicted octanol–water partition coefficient (Wildman–Crippen LogP) is 4.25. The summed E-state index contributed by atoms with van der Waals surface area (Å²) in [6.45, 7) is 0. The summed E-state index contributed by atoms with van der Waals surface area (Å²) >= 11 is 1.25. The number of hydrogen-bond acceptors (Lipinski definition) is 6. The van der Waals surface area contributed by atoms with E-state index in [1.165, 1.54) is 11.5 Å². The molecule has 3 aromatic heterocycles. The second-order valence-electron chi connectivity index (χ2n) is 7.83. The summed E-state index contributed by atoms with van der Waals surface area (Å²) in [5.74, 6) is 0.582. The summed E-state index contributed by atoms with van der Waals surface area (Å²) in [6.07, 6.45) is 10.8. The lowest BCUT2D eigenvalue weighted by molar-refractivity contribution is -0.120. The average molecular weight is 463 g/mol. The van der Waals surface area contributed by atoms with E-state index in [1.807, 2.05) is 18.3 Å². The highest BCUT2D eigenvalue weighted by molar-refractivity contribution is 7.03. The summed E-state index contributed by atoms with van der Waals surface area (Å²) in [6, 6.07) is 7.88. The maximum absolute atomic E-state index is 12.7. The van der Waals surface area contributed by atoms with Crippen LogP contribution in [0.3, 0.4) is 0 Å². The Morgan fingerprint density at radius 1 is 1.09 bits per heavy atom. The zero-order chi connectivity index (χ0) is 23.0. The van der Waals surface area contributed by atoms with Crippen molar-refractivity contribution in [1.29, 1.82) is 0 Å². The molecule has 0 bridgehead atoms. The summed E-state index contributed by atoms with van der Waals surface area (Å²) < 4.78 is 4.02. The Hall–Kier alpha value is -3.59. The van der Waals surface area contributed by atoms with Gasteiger partial charge in [-0.05, 0) is 41.9 Å². The van der Waals surface area contributed by atoms with E-state index in [4.69, 9.17) is 0 Å². The van der Waals surface area contributed by atoms with Crippen molar-refractivity contribution in [2.45, 2.75) is 38.1 Å². The van der Waals surface area contributed by atoms with Crippen molar-refractivity contribution in [3.63, 3.8) is 0 Å². The van der Waals surface area contributed by atoms with Gasteiger partial charge in [-0.15, -0.1) is 0 Å². The SMILES string of the molecule is CNC(=O)CCCCCC(NC(=O)c1cnsc1)c1ncc(-c2ccc3ccncc3c2)[nH]1. The third-order valence-corrected chi connectivity index (χ3v) is 6.14. The Kier molecular flexibility index (Phi) is 7.41. The molecule has 4 rings (SSSR count). The van der Waals surface area contributed by atoms with Gasteiger partial charge in [-0.25, -0.2) is 9.36 Å². The molecule has 0 fully saturated rings. The first-order chi connectivity index (χ1) is 16.1. The van der Waals surface area contributed by atoms with Gasteiger partial charge in [0, 0.05) is 42.2 Å². The summed E-state index contributed by atoms with van der Waals surface area (Å²) in [5, 5.41) is 9.63. The topological polar surface area (TPSA) is 113 Å². The zero-order valence-electron chi connectivity index (χ0n) is 18.4. The standard InChI is InChI=1S/C24H26N6O2S/c1-25-22(31)6-4-2-3-5-20(30-24(32)19-13-28-33-15-19)23-27-14-21(29-23)17-8-7-16-9-10-26-12-18(16)11-17/h7-15,20H,2-6H2,1H3,(H,25,31)(H,27,29)(H,30,32). The lowest BCUT2D eigenvalue weighted by atomic mass is 10.1. The number of carbonyl (C=O) groups is 2. The lowest BCUT2D eigenvalue weighted by Crippen LogP contribution is -2.29. The molecule has 8 nitrogen and oxygen atoms in total. The van der Waals surface area contributed by atoms with Crippen LogP contribution >= 0.6 is 11.5 Å². The van der Waals surface area contributed by atoms with Crippen molar-refractivity contribution in [3.05, 3.63) is 65.8 Å². The number of benzene rings is 1. The Bertz CT molecular complexity index is 1220. The highest BCUT2D eigenvalue weighted by atomic mass is 32.1. The van der Waals surface area contributed by atoms with Crippen LogP contribution in [0.4, 0.5) is 0 Å². The fraction of sp³-hybridized carbons (Fsp3) is 0.292. The number of aromatic amines is 1. The number of amides is 2. The van der Waals surface area contributed by atoms with Crippen LogP contribution in [0.5, 0.6) is 0 Å². The third kappa shape index (κ3) is 5.81. The van der Waals surface area contributed by atoms with Gasteiger partial charge >= 0.3 is 0 Å². The largest absolute Gasteiger partial charge is 0.359 e. The molecule has 0 spiro atoms. The Morgan fingerprint density at radius 3 is 2.82 bits per heavy atom. The minimum Gasteiger partial charge on any atom is -0.359 e. The van der Waals surface area contributed by atoms with Crippen LogP contribution in [-0.2, 0) is 4.79 Å². The maximum Gasteiger partial charge on any atom is 0.254 e. The molecule has 0 aliphatic rings. The number of aromatic nitrogens is 4. The highest BCUT2D eigenvalue weighted by Crippen LogP contribution is 2.25. The second-order valence-corrected chi connectivity index (χ2v) is 8.49. The average Bonchev–Trinajstić information content (AvgIpc) is 3.55. The second kappa shape index (κ2) is 10.8. The van der Waals surface area contributed by atoms with E-state index in [1.54, 1.807) is 31.0 Å². The molecule has 1 unspecified atom stereocenters. The molecule has 0 saturated carbocycles. The molecule has 1 atom stereocenters. The Morgan fingerprint density at radius 2 is 2.00 bits per heavy atom. The first-order valence-corrected chi connectivity index (χ1v) is 11.8. The number of carbonyl (C=O) groups excluding carboxylic acids is 2. The van der Waals surface area contributed by atoms with Gasteiger partial charge in [0.2, 0.25) is 5.91 Å². The van der Waals surface area contributed by atoms with E-state index < -0.39 is 0 Å². The van der Waals surface area contributed by atoms with Crippen LogP contribution in [0.15, 0.2) is 54.4 Å². The van der Waals surface area contributed by atoms with Gasteiger partial charge in [0.1, 0.15) is 5.82 Å². The van der Waals surface area contributed by atoms with Gasteiger partial charge in [-0.1, -0.05) is 25.0 Å². The fourth-order valence-electron chi connectivity index (χ4n) is 3.68. The number of unbranched alkanes of at least 4 members (excludes halogenated alkanes) is 2. The molecular weight excluding hydrogens is 436 g/mol. The molecule has 3 heterocycles. The van der Waals surface area contributed by atoms with Gasteiger partial charge in [-0.3, -0.25) is 14.6 Å². The van der Waals surface area contributed by atoms with Crippen LogP contribution in [0.25, 0.3) is 22.0 Å². The first kappa shape index (κ1) is 22.6. The number of hydrogen-bond donors (Lipinski definition) is 3. The van der Waals surface area contributed by atoms with E-state index in [0.29, 0.717) is 24.2 Å². The molecule has 4 aromatic rings. The van der Waals surface area contributed by atoms with Crippen molar-refractivity contribution in [1.82, 2.24) is 30.0 Å². The Labute approximate surface area is 196 Å². The molecule has 0 aliphatic heterocycles. The molecule has 3 N–H and O–H groups in total. The van der Waals surface area contributed by atoms with Crippen molar-refractivity contribution in [2.24, 2.45) is 0 Å². The van der Waals surface area contributed by atoms with Crippen LogP contribution in [0.1, 0.15) is 54.3 Å². The number of H-pyrrole nitrogens is 1. The number of rotatable bonds is 10. The summed E-state index contributed by atoms with van der Waals surface area (Å²) in [7, 11) is 1.65. The van der Waals surface area contributed by atoms with E-state index in [0.717, 1.165) is 41.3 Å². The van der Waals surface area contributed by atoms with Crippen LogP contribution < -0.4 is 10.6 Å². The maximum atomic E-state index is 12.7. The molecule has 0 aliphatic carbocycles. The zero-order valence-corrected chi connectivity index (χ0v) is 19.2. The molecular formula is C24H26N6O2S. The van der Waals surface area contributed by atoms with E-state index in [2.05, 4.69) is 42.1 Å². The summed E-state index contributed by atoms with van der Waals surface area (Å²) in [4.78, 5) is 36.3. The van der Waals surface area contributed by atoms with Crippen LogP contribution in [0, 0.1) is 0 Å². The van der Waals surface area contributed by atoms with Crippen molar-refractivity contribution in [2.75, 3.05) is 7.05 Å². The molecule has 170 valence electrons. The normalized spacial score (nSPS) is 11.9. The summed E-state index contributed by atoms with van der Waals surface area (Å²) in [5.41, 5.74) is 2.43. The fourth-order valence-corrected chi connectivity index (χ4v) is 4.20. The molecule has 2 amide bonds. The molecule has 33 heavy (non-hydrogen) atoms. The van der Waals surface area contributed by atoms with Crippen molar-refractivity contribution >= 4 is 34.1 Å². The minimum absolute atomic E-state index is 0.0473. The number of pyridine rings is 1. The number of nitrogens with one attached hydrogen (secondary N) is 3. The Balaban J connectivity index is 1.48. The van der Waals surface area contributed by atoms with Gasteiger partial charge in [0.25, 0.3) is 5.91 Å². The minimum atomic E-state index is -0.270. The lowest BCUT2D eigenvalue weighted by Gasteiger charge is -2.16. The predicted molar refractivity (Wildman–Crippen MR) is 129 cm³/mol. The van der Waals surface area contributed by atoms with Crippen LogP contribution in [-0.4, -0.2) is 38.2 Å². The third-order valence-electron chi connectivity index (χ3n) is 5.55. The molecule has 0 radical (unpaired) electrons. The first-order valence-electron chi connectivity index (χ1n) is 10.9. The molecule has 9 heteroatoms. The van der Waals surface area contributed by atoms with Gasteiger partial charge < -0.3 is 15.6 Å². The van der Waals surface area contributed by atoms with Gasteiger partial charge in [0.05, 0.1) is 29.7 Å². The molecule has 1 aromatic carbocycles. The monoisotopic (exact) mass is 462 g/mol. The van der Waals surface area contributed by atoms with E-state index >= 15 is 0 Å². The van der Waals surface area contributed by atoms with E-state index in [9.17, 15) is 9.59 Å². The smallest absolute Gasteiger partial charge is 0.254 e.